The third-order valence-corrected chi connectivity index (χ3v) is 3.94. The van der Waals surface area contributed by atoms with Crippen LogP contribution in [0.25, 0.3) is 11.1 Å². The zero-order chi connectivity index (χ0) is 14.9. The molecule has 1 aliphatic heterocycles. The van der Waals surface area contributed by atoms with E-state index in [1.165, 1.54) is 0 Å². The molecule has 1 saturated heterocycles. The minimum absolute atomic E-state index is 0.291. The average Bonchev–Trinajstić information content (AvgIpc) is 2.47. The maximum atomic E-state index is 6.02. The minimum atomic E-state index is -0.431. The molecule has 1 aromatic carbocycles. The lowest BCUT2D eigenvalue weighted by Gasteiger charge is -2.38. The monoisotopic (exact) mass is 303 g/mol. The first kappa shape index (κ1) is 14.5. The first-order chi connectivity index (χ1) is 10.1. The molecule has 0 bridgehead atoms. The van der Waals surface area contributed by atoms with Crippen molar-refractivity contribution in [2.45, 2.75) is 18.8 Å². The van der Waals surface area contributed by atoms with E-state index in [0.29, 0.717) is 11.6 Å². The summed E-state index contributed by atoms with van der Waals surface area (Å²) in [5, 5.41) is 3.94. The standard InChI is InChI=1S/C16H18ClN3O/c1-16(10-20-9-15(18)21-16)13-4-2-3-11(5-13)12-6-14(17)8-19-7-12/h2-8,15,20H,9-10,18H2,1H3. The van der Waals surface area contributed by atoms with Crippen molar-refractivity contribution in [1.29, 1.82) is 0 Å². The van der Waals surface area contributed by atoms with E-state index in [1.54, 1.807) is 12.4 Å². The highest BCUT2D eigenvalue weighted by molar-refractivity contribution is 6.30. The number of hydrogen-bond donors (Lipinski definition) is 2. The third-order valence-electron chi connectivity index (χ3n) is 3.73. The van der Waals surface area contributed by atoms with Gasteiger partial charge in [-0.05, 0) is 30.2 Å². The summed E-state index contributed by atoms with van der Waals surface area (Å²) in [6.07, 6.45) is 3.14. The van der Waals surface area contributed by atoms with E-state index in [4.69, 9.17) is 22.1 Å². The Morgan fingerprint density at radius 3 is 2.95 bits per heavy atom. The van der Waals surface area contributed by atoms with E-state index >= 15 is 0 Å². The van der Waals surface area contributed by atoms with Crippen molar-refractivity contribution in [2.75, 3.05) is 13.1 Å². The minimum Gasteiger partial charge on any atom is -0.350 e. The van der Waals surface area contributed by atoms with Crippen LogP contribution in [0.5, 0.6) is 0 Å². The van der Waals surface area contributed by atoms with Gasteiger partial charge in [0, 0.05) is 31.0 Å². The van der Waals surface area contributed by atoms with Crippen molar-refractivity contribution in [1.82, 2.24) is 10.3 Å². The van der Waals surface area contributed by atoms with Gasteiger partial charge >= 0.3 is 0 Å². The second-order valence-electron chi connectivity index (χ2n) is 5.49. The fraction of sp³-hybridized carbons (Fsp3) is 0.312. The molecule has 3 N–H and O–H groups in total. The van der Waals surface area contributed by atoms with E-state index in [-0.39, 0.29) is 6.23 Å². The summed E-state index contributed by atoms with van der Waals surface area (Å²) in [5.41, 5.74) is 8.61. The predicted molar refractivity (Wildman–Crippen MR) is 84.0 cm³/mol. The average molecular weight is 304 g/mol. The van der Waals surface area contributed by atoms with Crippen LogP contribution in [0.4, 0.5) is 0 Å². The summed E-state index contributed by atoms with van der Waals surface area (Å²) >= 11 is 6.02. The van der Waals surface area contributed by atoms with Crippen molar-refractivity contribution in [3.63, 3.8) is 0 Å². The normalized spacial score (nSPS) is 25.8. The summed E-state index contributed by atoms with van der Waals surface area (Å²) < 4.78 is 5.95. The van der Waals surface area contributed by atoms with Crippen LogP contribution >= 0.6 is 11.6 Å². The van der Waals surface area contributed by atoms with Crippen LogP contribution in [0.15, 0.2) is 42.7 Å². The Morgan fingerprint density at radius 1 is 1.33 bits per heavy atom. The molecule has 2 unspecified atom stereocenters. The number of morpholine rings is 1. The van der Waals surface area contributed by atoms with Gasteiger partial charge in [-0.2, -0.15) is 0 Å². The topological polar surface area (TPSA) is 60.2 Å². The first-order valence-corrected chi connectivity index (χ1v) is 7.30. The van der Waals surface area contributed by atoms with Gasteiger partial charge in [-0.3, -0.25) is 4.98 Å². The smallest absolute Gasteiger partial charge is 0.119 e. The van der Waals surface area contributed by atoms with E-state index in [1.807, 2.05) is 25.1 Å². The zero-order valence-electron chi connectivity index (χ0n) is 11.8. The Hall–Kier alpha value is -1.46. The number of nitrogens with two attached hydrogens (primary N) is 1. The van der Waals surface area contributed by atoms with Crippen molar-refractivity contribution < 1.29 is 4.74 Å². The molecule has 0 spiro atoms. The molecule has 110 valence electrons. The summed E-state index contributed by atoms with van der Waals surface area (Å²) in [6.45, 7) is 3.46. The molecule has 3 rings (SSSR count). The second-order valence-corrected chi connectivity index (χ2v) is 5.93. The predicted octanol–water partition coefficient (Wildman–Crippen LogP) is 2.52. The van der Waals surface area contributed by atoms with Crippen LogP contribution in [-0.2, 0) is 10.3 Å². The van der Waals surface area contributed by atoms with Gasteiger partial charge in [-0.25, -0.2) is 0 Å². The fourth-order valence-electron chi connectivity index (χ4n) is 2.64. The van der Waals surface area contributed by atoms with Crippen molar-refractivity contribution in [3.8, 4) is 11.1 Å². The van der Waals surface area contributed by atoms with Crippen LogP contribution in [0.3, 0.4) is 0 Å². The van der Waals surface area contributed by atoms with Crippen LogP contribution in [-0.4, -0.2) is 24.3 Å². The summed E-state index contributed by atoms with van der Waals surface area (Å²) in [5.74, 6) is 0. The van der Waals surface area contributed by atoms with E-state index < -0.39 is 5.60 Å². The first-order valence-electron chi connectivity index (χ1n) is 6.92. The van der Waals surface area contributed by atoms with Crippen molar-refractivity contribution >= 4 is 11.6 Å². The highest BCUT2D eigenvalue weighted by atomic mass is 35.5. The number of ether oxygens (including phenoxy) is 1. The van der Waals surface area contributed by atoms with Gasteiger partial charge < -0.3 is 15.8 Å². The van der Waals surface area contributed by atoms with Gasteiger partial charge in [0.2, 0.25) is 0 Å². The second kappa shape index (κ2) is 5.73. The summed E-state index contributed by atoms with van der Waals surface area (Å²) in [6, 6.07) is 10.1. The number of benzene rings is 1. The van der Waals surface area contributed by atoms with Crippen molar-refractivity contribution in [3.05, 3.63) is 53.3 Å². The highest BCUT2D eigenvalue weighted by Gasteiger charge is 2.33. The Labute approximate surface area is 129 Å². The Balaban J connectivity index is 1.96. The van der Waals surface area contributed by atoms with Crippen LogP contribution in [0, 0.1) is 0 Å². The van der Waals surface area contributed by atoms with Gasteiger partial charge in [0.15, 0.2) is 0 Å². The van der Waals surface area contributed by atoms with Gasteiger partial charge in [0.1, 0.15) is 11.8 Å². The molecule has 4 nitrogen and oxygen atoms in total. The molecular formula is C16H18ClN3O. The van der Waals surface area contributed by atoms with Crippen molar-refractivity contribution in [2.24, 2.45) is 5.73 Å². The number of halogens is 1. The lowest BCUT2D eigenvalue weighted by Crippen LogP contribution is -2.53. The Bertz CT molecular complexity index is 649. The third kappa shape index (κ3) is 3.09. The summed E-state index contributed by atoms with van der Waals surface area (Å²) in [4.78, 5) is 4.14. The number of hydrogen-bond acceptors (Lipinski definition) is 4. The number of aromatic nitrogens is 1. The molecule has 0 amide bonds. The molecule has 0 radical (unpaired) electrons. The Morgan fingerprint density at radius 2 is 2.19 bits per heavy atom. The molecule has 1 aliphatic rings. The van der Waals surface area contributed by atoms with Crippen LogP contribution < -0.4 is 11.1 Å². The Kier molecular flexibility index (Phi) is 3.95. The highest BCUT2D eigenvalue weighted by Crippen LogP contribution is 2.31. The molecule has 2 aromatic rings. The number of pyridine rings is 1. The molecule has 5 heteroatoms. The van der Waals surface area contributed by atoms with Gasteiger partial charge in [-0.1, -0.05) is 29.8 Å². The number of nitrogens with zero attached hydrogens (tertiary/aromatic N) is 1. The van der Waals surface area contributed by atoms with Gasteiger partial charge in [0.05, 0.1) is 5.02 Å². The fourth-order valence-corrected chi connectivity index (χ4v) is 2.81. The molecule has 1 fully saturated rings. The quantitative estimate of drug-likeness (QED) is 0.895. The van der Waals surface area contributed by atoms with Crippen LogP contribution in [0.1, 0.15) is 12.5 Å². The zero-order valence-corrected chi connectivity index (χ0v) is 12.6. The van der Waals surface area contributed by atoms with E-state index in [0.717, 1.165) is 23.2 Å². The van der Waals surface area contributed by atoms with Gasteiger partial charge in [0.25, 0.3) is 0 Å². The molecule has 2 atom stereocenters. The molecule has 21 heavy (non-hydrogen) atoms. The lowest BCUT2D eigenvalue weighted by atomic mass is 9.91. The number of rotatable bonds is 2. The molecule has 0 aliphatic carbocycles. The molecule has 0 saturated carbocycles. The van der Waals surface area contributed by atoms with Crippen LogP contribution in [0.2, 0.25) is 5.02 Å². The van der Waals surface area contributed by atoms with Gasteiger partial charge in [-0.15, -0.1) is 0 Å². The number of nitrogens with one attached hydrogen (secondary N) is 1. The molecular weight excluding hydrogens is 286 g/mol. The molecule has 2 heterocycles. The summed E-state index contributed by atoms with van der Waals surface area (Å²) in [7, 11) is 0. The SMILES string of the molecule is CC1(c2cccc(-c3cncc(Cl)c3)c2)CNCC(N)O1. The lowest BCUT2D eigenvalue weighted by molar-refractivity contribution is -0.107. The molecule has 1 aromatic heterocycles. The largest absolute Gasteiger partial charge is 0.350 e. The maximum absolute atomic E-state index is 6.02. The maximum Gasteiger partial charge on any atom is 0.119 e. The van der Waals surface area contributed by atoms with E-state index in [9.17, 15) is 0 Å². The van der Waals surface area contributed by atoms with E-state index in [2.05, 4.69) is 22.4 Å².